The molecule has 3 fully saturated rings. The van der Waals surface area contributed by atoms with Crippen molar-refractivity contribution in [2.75, 3.05) is 17.2 Å². The quantitative estimate of drug-likeness (QED) is 0.269. The first-order valence-electron chi connectivity index (χ1n) is 13.9. The molecule has 4 aromatic rings. The number of aromatic nitrogens is 4. The van der Waals surface area contributed by atoms with Gasteiger partial charge in [-0.25, -0.2) is 9.97 Å². The Balaban J connectivity index is 1.32. The van der Waals surface area contributed by atoms with Crippen molar-refractivity contribution in [2.45, 2.75) is 76.5 Å². The summed E-state index contributed by atoms with van der Waals surface area (Å²) >= 11 is 1.59. The van der Waals surface area contributed by atoms with Gasteiger partial charge in [0.25, 0.3) is 0 Å². The summed E-state index contributed by atoms with van der Waals surface area (Å²) in [6.45, 7) is 7.98. The van der Waals surface area contributed by atoms with E-state index in [0.29, 0.717) is 18.2 Å². The number of rotatable bonds is 7. The molecule has 0 bridgehead atoms. The Morgan fingerprint density at radius 3 is 2.55 bits per heavy atom. The molecule has 7 rings (SSSR count). The van der Waals surface area contributed by atoms with E-state index in [2.05, 4.69) is 46.8 Å². The smallest absolute Gasteiger partial charge is 0.225 e. The van der Waals surface area contributed by atoms with Gasteiger partial charge in [0.15, 0.2) is 11.5 Å². The van der Waals surface area contributed by atoms with Crippen LogP contribution in [-0.2, 0) is 15.0 Å². The highest BCUT2D eigenvalue weighted by Gasteiger charge is 2.60. The zero-order valence-corrected chi connectivity index (χ0v) is 24.0. The van der Waals surface area contributed by atoms with Gasteiger partial charge in [-0.3, -0.25) is 4.98 Å². The Morgan fingerprint density at radius 1 is 1.02 bits per heavy atom. The SMILES string of the molecule is Cc1ccc(C2(Nc3nc(C)c(-c4nc5cnccc5s4)c(N[C@]45CC[C@H](CO)[C@H]4OC(C)(C)O5)n3)CC2)cc1. The first-order chi connectivity index (χ1) is 19.2. The van der Waals surface area contributed by atoms with Crippen LogP contribution in [0.2, 0.25) is 0 Å². The Morgan fingerprint density at radius 2 is 1.82 bits per heavy atom. The van der Waals surface area contributed by atoms with Crippen LogP contribution in [0.4, 0.5) is 11.8 Å². The summed E-state index contributed by atoms with van der Waals surface area (Å²) in [6, 6.07) is 10.7. The van der Waals surface area contributed by atoms with Crippen LogP contribution in [0.15, 0.2) is 42.7 Å². The van der Waals surface area contributed by atoms with Crippen molar-refractivity contribution in [1.82, 2.24) is 19.9 Å². The number of nitrogens with one attached hydrogen (secondary N) is 2. The van der Waals surface area contributed by atoms with Crippen molar-refractivity contribution >= 4 is 33.3 Å². The van der Waals surface area contributed by atoms with Gasteiger partial charge in [-0.2, -0.15) is 4.98 Å². The van der Waals surface area contributed by atoms with Crippen molar-refractivity contribution < 1.29 is 14.6 Å². The fourth-order valence-electron chi connectivity index (χ4n) is 6.25. The molecule has 3 atom stereocenters. The maximum atomic E-state index is 10.1. The molecule has 4 heterocycles. The van der Waals surface area contributed by atoms with Gasteiger partial charge in [0.05, 0.1) is 27.7 Å². The van der Waals surface area contributed by atoms with Crippen molar-refractivity contribution in [3.05, 3.63) is 59.5 Å². The standard InChI is InChI=1S/C30H34N6O3S/c1-17-5-7-20(8-6-17)29(12-13-29)36-27-32-18(2)23(26-33-21-15-31-14-10-22(21)40-26)25(34-27)35-30-11-9-19(16-37)24(30)38-28(3,4)39-30/h5-8,10,14-15,19,24,37H,9,11-13,16H2,1-4H3,(H2,32,34,35,36)/t19-,24-,30+/m1/s1. The molecule has 0 unspecified atom stereocenters. The molecule has 3 aliphatic rings. The minimum absolute atomic E-state index is 0.0250. The third-order valence-electron chi connectivity index (χ3n) is 8.38. The Bertz CT molecular complexity index is 1550. The van der Waals surface area contributed by atoms with E-state index in [4.69, 9.17) is 24.4 Å². The van der Waals surface area contributed by atoms with E-state index in [1.165, 1.54) is 11.1 Å². The predicted molar refractivity (Wildman–Crippen MR) is 155 cm³/mol. The maximum Gasteiger partial charge on any atom is 0.225 e. The van der Waals surface area contributed by atoms with Crippen LogP contribution in [0.25, 0.3) is 20.8 Å². The molecule has 1 aromatic carbocycles. The molecule has 9 nitrogen and oxygen atoms in total. The molecule has 0 amide bonds. The number of hydrogen-bond donors (Lipinski definition) is 3. The molecular weight excluding hydrogens is 524 g/mol. The van der Waals surface area contributed by atoms with E-state index in [1.807, 2.05) is 26.8 Å². The lowest BCUT2D eigenvalue weighted by atomic mass is 10.0. The van der Waals surface area contributed by atoms with Gasteiger partial charge in [-0.05, 0) is 65.0 Å². The highest BCUT2D eigenvalue weighted by Crippen LogP contribution is 2.51. The Kier molecular flexibility index (Phi) is 5.91. The lowest BCUT2D eigenvalue weighted by molar-refractivity contribution is -0.168. The summed E-state index contributed by atoms with van der Waals surface area (Å²) in [5, 5.41) is 18.3. The molecule has 0 spiro atoms. The van der Waals surface area contributed by atoms with Crippen LogP contribution >= 0.6 is 11.3 Å². The average Bonchev–Trinajstić information content (AvgIpc) is 3.32. The van der Waals surface area contributed by atoms with Crippen LogP contribution < -0.4 is 10.6 Å². The number of fused-ring (bicyclic) bond motifs is 2. The van der Waals surface area contributed by atoms with E-state index >= 15 is 0 Å². The zero-order chi connectivity index (χ0) is 27.7. The van der Waals surface area contributed by atoms with E-state index in [9.17, 15) is 5.11 Å². The molecule has 0 radical (unpaired) electrons. The average molecular weight is 559 g/mol. The van der Waals surface area contributed by atoms with Crippen LogP contribution in [0, 0.1) is 19.8 Å². The highest BCUT2D eigenvalue weighted by atomic mass is 32.1. The first-order valence-corrected chi connectivity index (χ1v) is 14.7. The molecule has 3 aromatic heterocycles. The molecule has 3 N–H and O–H groups in total. The Labute approximate surface area is 237 Å². The first kappa shape index (κ1) is 25.8. The van der Waals surface area contributed by atoms with Gasteiger partial charge >= 0.3 is 0 Å². The lowest BCUT2D eigenvalue weighted by Crippen LogP contribution is -2.46. The summed E-state index contributed by atoms with van der Waals surface area (Å²) in [5.74, 6) is 0.391. The number of ether oxygens (including phenoxy) is 2. The monoisotopic (exact) mass is 558 g/mol. The largest absolute Gasteiger partial charge is 0.396 e. The number of anilines is 2. The number of thiazole rings is 1. The second-order valence-corrected chi connectivity index (χ2v) is 12.9. The lowest BCUT2D eigenvalue weighted by Gasteiger charge is -2.31. The summed E-state index contributed by atoms with van der Waals surface area (Å²) in [5.41, 5.74) is 3.97. The number of aliphatic hydroxyl groups excluding tert-OH is 1. The predicted octanol–water partition coefficient (Wildman–Crippen LogP) is 5.53. The summed E-state index contributed by atoms with van der Waals surface area (Å²) in [7, 11) is 0. The summed E-state index contributed by atoms with van der Waals surface area (Å²) in [6.07, 6.45) is 6.76. The number of aryl methyl sites for hydroxylation is 2. The van der Waals surface area contributed by atoms with E-state index in [1.54, 1.807) is 23.7 Å². The third kappa shape index (κ3) is 4.34. The normalized spacial score (nSPS) is 26.1. The number of aliphatic hydroxyl groups is 1. The number of hydrogen-bond acceptors (Lipinski definition) is 10. The highest BCUT2D eigenvalue weighted by molar-refractivity contribution is 7.21. The maximum absolute atomic E-state index is 10.1. The fourth-order valence-corrected chi connectivity index (χ4v) is 7.28. The number of nitrogens with zero attached hydrogens (tertiary/aromatic N) is 4. The summed E-state index contributed by atoms with van der Waals surface area (Å²) < 4.78 is 14.0. The second kappa shape index (κ2) is 9.17. The second-order valence-electron chi connectivity index (χ2n) is 11.8. The van der Waals surface area contributed by atoms with Crippen molar-refractivity contribution in [1.29, 1.82) is 0 Å². The topological polar surface area (TPSA) is 114 Å². The van der Waals surface area contributed by atoms with Crippen molar-refractivity contribution in [3.63, 3.8) is 0 Å². The molecule has 2 saturated carbocycles. The zero-order valence-electron chi connectivity index (χ0n) is 23.2. The molecule has 2 aliphatic carbocycles. The molecule has 208 valence electrons. The van der Waals surface area contributed by atoms with Gasteiger partial charge in [-0.1, -0.05) is 29.8 Å². The minimum atomic E-state index is -0.823. The fraction of sp³-hybridized carbons (Fsp3) is 0.467. The van der Waals surface area contributed by atoms with E-state index in [-0.39, 0.29) is 24.2 Å². The molecule has 1 aliphatic heterocycles. The van der Waals surface area contributed by atoms with E-state index in [0.717, 1.165) is 45.7 Å². The number of benzene rings is 1. The minimum Gasteiger partial charge on any atom is -0.396 e. The van der Waals surface area contributed by atoms with Gasteiger partial charge < -0.3 is 25.2 Å². The van der Waals surface area contributed by atoms with Gasteiger partial charge in [0, 0.05) is 18.7 Å². The van der Waals surface area contributed by atoms with Gasteiger partial charge in [0.2, 0.25) is 5.95 Å². The van der Waals surface area contributed by atoms with Gasteiger partial charge in [0.1, 0.15) is 22.4 Å². The number of pyridine rings is 1. The van der Waals surface area contributed by atoms with Crippen LogP contribution in [0.3, 0.4) is 0 Å². The van der Waals surface area contributed by atoms with Crippen LogP contribution in [-0.4, -0.2) is 49.3 Å². The van der Waals surface area contributed by atoms with Gasteiger partial charge in [-0.15, -0.1) is 11.3 Å². The van der Waals surface area contributed by atoms with E-state index < -0.39 is 11.5 Å². The third-order valence-corrected chi connectivity index (χ3v) is 9.43. The molecular formula is C30H34N6O3S. The van der Waals surface area contributed by atoms with Crippen LogP contribution in [0.5, 0.6) is 0 Å². The Hall–Kier alpha value is -3.18. The van der Waals surface area contributed by atoms with Crippen LogP contribution in [0.1, 0.15) is 56.4 Å². The van der Waals surface area contributed by atoms with Crippen molar-refractivity contribution in [2.24, 2.45) is 5.92 Å². The molecule has 1 saturated heterocycles. The summed E-state index contributed by atoms with van der Waals surface area (Å²) in [4.78, 5) is 19.2. The molecule has 10 heteroatoms. The molecule has 40 heavy (non-hydrogen) atoms. The van der Waals surface area contributed by atoms with Crippen molar-refractivity contribution in [3.8, 4) is 10.6 Å².